The molecule has 8 nitrogen and oxygen atoms in total. The van der Waals surface area contributed by atoms with Gasteiger partial charge in [0, 0.05) is 30.2 Å². The predicted octanol–water partition coefficient (Wildman–Crippen LogP) is 2.71. The van der Waals surface area contributed by atoms with Gasteiger partial charge in [0.2, 0.25) is 20.0 Å². The van der Waals surface area contributed by atoms with Gasteiger partial charge in [-0.15, -0.1) is 0 Å². The summed E-state index contributed by atoms with van der Waals surface area (Å²) in [7, 11) is -8.37. The van der Waals surface area contributed by atoms with Crippen LogP contribution in [0.15, 0.2) is 21.9 Å². The van der Waals surface area contributed by atoms with E-state index < -0.39 is 53.4 Å². The maximum Gasteiger partial charge on any atom is 0.247 e. The summed E-state index contributed by atoms with van der Waals surface area (Å²) in [5, 5.41) is 20.3. The smallest absolute Gasteiger partial charge is 0.247 e. The molecule has 0 radical (unpaired) electrons. The van der Waals surface area contributed by atoms with E-state index in [4.69, 9.17) is 0 Å². The lowest BCUT2D eigenvalue weighted by molar-refractivity contribution is 0.299. The van der Waals surface area contributed by atoms with Crippen LogP contribution in [0.4, 0.5) is 0 Å². The third-order valence-electron chi connectivity index (χ3n) is 4.20. The molecule has 0 saturated heterocycles. The minimum atomic E-state index is -4.26. The van der Waals surface area contributed by atoms with Gasteiger partial charge in [-0.05, 0) is 61.5 Å². The van der Waals surface area contributed by atoms with Crippen molar-refractivity contribution < 1.29 is 27.0 Å². The molecule has 0 aliphatic heterocycles. The zero-order valence-electron chi connectivity index (χ0n) is 17.7. The lowest BCUT2D eigenvalue weighted by Gasteiger charge is -2.31. The van der Waals surface area contributed by atoms with Crippen LogP contribution < -0.4 is 0 Å². The summed E-state index contributed by atoms with van der Waals surface area (Å²) in [6, 6.07) is 0.142. The Bertz CT molecular complexity index is 890. The molecular weight excluding hydrogens is 404 g/mol. The van der Waals surface area contributed by atoms with Crippen molar-refractivity contribution in [1.82, 2.24) is 8.61 Å². The van der Waals surface area contributed by atoms with Crippen LogP contribution in [0.2, 0.25) is 0 Å². The first kappa shape index (κ1) is 24.7. The molecule has 2 N–H and O–H groups in total. The Labute approximate surface area is 168 Å². The van der Waals surface area contributed by atoms with Crippen molar-refractivity contribution in [1.29, 1.82) is 0 Å². The van der Waals surface area contributed by atoms with Gasteiger partial charge in [0.05, 0.1) is 4.90 Å². The quantitative estimate of drug-likeness (QED) is 0.606. The average Bonchev–Trinajstić information content (AvgIpc) is 2.46. The summed E-state index contributed by atoms with van der Waals surface area (Å²) in [6.07, 6.45) is 0. The Morgan fingerprint density at radius 1 is 0.679 bits per heavy atom. The van der Waals surface area contributed by atoms with E-state index in [0.717, 1.165) is 16.4 Å². The maximum atomic E-state index is 13.2. The standard InChI is InChI=1S/C18H32N2O6S2/c1-11(2)19(12(3)4)27(23,24)15-9-16(21)18(22)17(10-15)28(25,26)20(13(5)6)14(7)8/h9-14,21-22H,1-8H3. The highest BCUT2D eigenvalue weighted by Gasteiger charge is 2.36. The second kappa shape index (κ2) is 8.56. The van der Waals surface area contributed by atoms with Crippen molar-refractivity contribution in [3.8, 4) is 11.5 Å². The maximum absolute atomic E-state index is 13.2. The molecule has 0 atom stereocenters. The fourth-order valence-corrected chi connectivity index (χ4v) is 7.37. The number of rotatable bonds is 8. The number of sulfonamides is 2. The lowest BCUT2D eigenvalue weighted by Crippen LogP contribution is -2.43. The molecule has 10 heteroatoms. The number of hydrogen-bond donors (Lipinski definition) is 2. The van der Waals surface area contributed by atoms with Crippen LogP contribution >= 0.6 is 0 Å². The largest absolute Gasteiger partial charge is 0.504 e. The summed E-state index contributed by atoms with van der Waals surface area (Å²) in [4.78, 5) is -1.03. The topological polar surface area (TPSA) is 115 Å². The van der Waals surface area contributed by atoms with Crippen LogP contribution in [-0.2, 0) is 20.0 Å². The lowest BCUT2D eigenvalue weighted by atomic mass is 10.3. The minimum absolute atomic E-state index is 0.385. The monoisotopic (exact) mass is 436 g/mol. The Kier molecular flexibility index (Phi) is 7.55. The second-order valence-electron chi connectivity index (χ2n) is 7.83. The number of phenolic OH excluding ortho intramolecular Hbond substituents is 2. The summed E-state index contributed by atoms with van der Waals surface area (Å²) in [5.74, 6) is -1.68. The third-order valence-corrected chi connectivity index (χ3v) is 8.69. The van der Waals surface area contributed by atoms with E-state index >= 15 is 0 Å². The fraction of sp³-hybridized carbons (Fsp3) is 0.667. The van der Waals surface area contributed by atoms with Crippen molar-refractivity contribution in [2.45, 2.75) is 89.3 Å². The van der Waals surface area contributed by atoms with Gasteiger partial charge in [0.25, 0.3) is 0 Å². The molecule has 0 saturated carbocycles. The van der Waals surface area contributed by atoms with Crippen LogP contribution in [-0.4, -0.2) is 59.8 Å². The second-order valence-corrected chi connectivity index (χ2v) is 11.5. The molecule has 0 aromatic heterocycles. The molecule has 1 aromatic rings. The summed E-state index contributed by atoms with van der Waals surface area (Å²) in [6.45, 7) is 13.5. The van der Waals surface area contributed by atoms with Gasteiger partial charge >= 0.3 is 0 Å². The molecule has 0 unspecified atom stereocenters. The first-order chi connectivity index (χ1) is 12.6. The Hall–Kier alpha value is -1.36. The van der Waals surface area contributed by atoms with E-state index in [1.54, 1.807) is 55.4 Å². The van der Waals surface area contributed by atoms with Crippen molar-refractivity contribution in [3.63, 3.8) is 0 Å². The molecule has 0 aliphatic rings. The molecule has 0 bridgehead atoms. The van der Waals surface area contributed by atoms with E-state index in [2.05, 4.69) is 0 Å². The van der Waals surface area contributed by atoms with Gasteiger partial charge in [-0.25, -0.2) is 16.8 Å². The summed E-state index contributed by atoms with van der Waals surface area (Å²) in [5.41, 5.74) is 0. The number of phenols is 2. The van der Waals surface area contributed by atoms with Crippen LogP contribution in [0.3, 0.4) is 0 Å². The van der Waals surface area contributed by atoms with E-state index in [1.807, 2.05) is 0 Å². The zero-order chi connectivity index (χ0) is 22.2. The summed E-state index contributed by atoms with van der Waals surface area (Å²) < 4.78 is 54.9. The molecule has 162 valence electrons. The van der Waals surface area contributed by atoms with Gasteiger partial charge in [-0.1, -0.05) is 0 Å². The molecule has 0 heterocycles. The Balaban J connectivity index is 3.79. The number of aromatic hydroxyl groups is 2. The van der Waals surface area contributed by atoms with Crippen LogP contribution in [0, 0.1) is 0 Å². The SMILES string of the molecule is CC(C)N(C(C)C)S(=O)(=O)c1cc(O)c(O)c(S(=O)(=O)N(C(C)C)C(C)C)c1. The number of hydrogen-bond acceptors (Lipinski definition) is 6. The molecular formula is C18H32N2O6S2. The number of benzene rings is 1. The Morgan fingerprint density at radius 2 is 1.04 bits per heavy atom. The third kappa shape index (κ3) is 4.61. The van der Waals surface area contributed by atoms with Crippen LogP contribution in [0.25, 0.3) is 0 Å². The van der Waals surface area contributed by atoms with Gasteiger partial charge in [0.1, 0.15) is 4.90 Å². The predicted molar refractivity (Wildman–Crippen MR) is 108 cm³/mol. The molecule has 28 heavy (non-hydrogen) atoms. The summed E-state index contributed by atoms with van der Waals surface area (Å²) >= 11 is 0. The molecule has 1 rings (SSSR count). The fourth-order valence-electron chi connectivity index (χ4n) is 3.45. The zero-order valence-corrected chi connectivity index (χ0v) is 19.3. The molecule has 0 aliphatic carbocycles. The van der Waals surface area contributed by atoms with Crippen molar-refractivity contribution in [2.75, 3.05) is 0 Å². The molecule has 0 spiro atoms. The van der Waals surface area contributed by atoms with E-state index in [9.17, 15) is 27.0 Å². The van der Waals surface area contributed by atoms with Crippen LogP contribution in [0.1, 0.15) is 55.4 Å². The van der Waals surface area contributed by atoms with Gasteiger partial charge in [-0.2, -0.15) is 8.61 Å². The highest BCUT2D eigenvalue weighted by atomic mass is 32.2. The molecule has 0 fully saturated rings. The van der Waals surface area contributed by atoms with Crippen molar-refractivity contribution in [3.05, 3.63) is 12.1 Å². The first-order valence-corrected chi connectivity index (χ1v) is 12.1. The van der Waals surface area contributed by atoms with Gasteiger partial charge in [0.15, 0.2) is 11.5 Å². The minimum Gasteiger partial charge on any atom is -0.504 e. The van der Waals surface area contributed by atoms with E-state index in [1.165, 1.54) is 4.31 Å². The van der Waals surface area contributed by atoms with Gasteiger partial charge < -0.3 is 10.2 Å². The first-order valence-electron chi connectivity index (χ1n) is 9.19. The van der Waals surface area contributed by atoms with Crippen molar-refractivity contribution >= 4 is 20.0 Å². The average molecular weight is 437 g/mol. The van der Waals surface area contributed by atoms with E-state index in [-0.39, 0.29) is 12.1 Å². The van der Waals surface area contributed by atoms with E-state index in [0.29, 0.717) is 0 Å². The Morgan fingerprint density at radius 3 is 1.39 bits per heavy atom. The normalized spacial score (nSPS) is 13.6. The molecule has 0 amide bonds. The highest BCUT2D eigenvalue weighted by Crippen LogP contribution is 2.38. The van der Waals surface area contributed by atoms with Crippen LogP contribution in [0.5, 0.6) is 11.5 Å². The van der Waals surface area contributed by atoms with Gasteiger partial charge in [-0.3, -0.25) is 0 Å². The number of nitrogens with zero attached hydrogens (tertiary/aromatic N) is 2. The van der Waals surface area contributed by atoms with Crippen molar-refractivity contribution in [2.24, 2.45) is 0 Å². The highest BCUT2D eigenvalue weighted by molar-refractivity contribution is 7.90. The molecule has 1 aromatic carbocycles.